The molecule has 2 rings (SSSR count). The predicted molar refractivity (Wildman–Crippen MR) is 88.0 cm³/mol. The highest BCUT2D eigenvalue weighted by atomic mass is 35.5. The van der Waals surface area contributed by atoms with Crippen molar-refractivity contribution in [2.45, 2.75) is 24.7 Å². The maximum absolute atomic E-state index is 12.5. The molecule has 1 fully saturated rings. The minimum atomic E-state index is -3.63. The second-order valence-electron chi connectivity index (χ2n) is 5.55. The molecule has 1 aromatic carbocycles. The first kappa shape index (κ1) is 17.5. The van der Waals surface area contributed by atoms with Crippen molar-refractivity contribution in [3.05, 3.63) is 23.2 Å². The van der Waals surface area contributed by atoms with Crippen molar-refractivity contribution in [2.24, 2.45) is 5.92 Å². The molecule has 1 saturated heterocycles. The van der Waals surface area contributed by atoms with E-state index in [9.17, 15) is 8.42 Å². The Labute approximate surface area is 137 Å². The average Bonchev–Trinajstić information content (AvgIpc) is 2.53. The predicted octanol–water partition coefficient (Wildman–Crippen LogP) is 2.36. The van der Waals surface area contributed by atoms with Crippen LogP contribution in [0, 0.1) is 5.92 Å². The topological polar surface area (TPSA) is 58.6 Å². The zero-order valence-corrected chi connectivity index (χ0v) is 14.6. The highest BCUT2D eigenvalue weighted by molar-refractivity contribution is 7.89. The first-order chi connectivity index (χ1) is 10.5. The molecule has 0 radical (unpaired) electrons. The number of hydrogen-bond acceptors (Lipinski definition) is 4. The lowest BCUT2D eigenvalue weighted by Gasteiger charge is -2.31. The molecule has 1 atom stereocenters. The lowest BCUT2D eigenvalue weighted by Crippen LogP contribution is -2.40. The van der Waals surface area contributed by atoms with Crippen molar-refractivity contribution in [1.29, 1.82) is 0 Å². The lowest BCUT2D eigenvalue weighted by molar-refractivity contribution is 0.184. The normalized spacial score (nSPS) is 20.0. The third-order valence-corrected chi connectivity index (χ3v) is 5.71. The first-order valence-corrected chi connectivity index (χ1v) is 9.38. The van der Waals surface area contributed by atoms with E-state index in [4.69, 9.17) is 16.3 Å². The van der Waals surface area contributed by atoms with Crippen LogP contribution < -0.4 is 9.46 Å². The zero-order valence-electron chi connectivity index (χ0n) is 13.0. The number of hydrogen-bond donors (Lipinski definition) is 1. The number of sulfonamides is 1. The molecular formula is C15H23ClN2O3S. The van der Waals surface area contributed by atoms with Crippen LogP contribution in [-0.4, -0.2) is 46.6 Å². The summed E-state index contributed by atoms with van der Waals surface area (Å²) < 4.78 is 32.8. The highest BCUT2D eigenvalue weighted by Crippen LogP contribution is 2.27. The van der Waals surface area contributed by atoms with Crippen LogP contribution >= 0.6 is 11.6 Å². The Kier molecular flexibility index (Phi) is 6.09. The number of halogens is 1. The van der Waals surface area contributed by atoms with Crippen molar-refractivity contribution >= 4 is 21.6 Å². The summed E-state index contributed by atoms with van der Waals surface area (Å²) in [6.45, 7) is 5.61. The van der Waals surface area contributed by atoms with E-state index in [1.54, 1.807) is 12.1 Å². The lowest BCUT2D eigenvalue weighted by atomic mass is 9.98. The van der Waals surface area contributed by atoms with E-state index in [1.165, 1.54) is 13.2 Å². The van der Waals surface area contributed by atoms with Gasteiger partial charge in [0.15, 0.2) is 0 Å². The van der Waals surface area contributed by atoms with Crippen LogP contribution in [0.15, 0.2) is 23.1 Å². The van der Waals surface area contributed by atoms with Crippen LogP contribution in [0.2, 0.25) is 5.02 Å². The van der Waals surface area contributed by atoms with Gasteiger partial charge in [-0.15, -0.1) is 0 Å². The summed E-state index contributed by atoms with van der Waals surface area (Å²) >= 11 is 5.91. The molecule has 22 heavy (non-hydrogen) atoms. The summed E-state index contributed by atoms with van der Waals surface area (Å²) in [7, 11) is -2.18. The molecule has 1 aliphatic heterocycles. The number of ether oxygens (including phenoxy) is 1. The van der Waals surface area contributed by atoms with Gasteiger partial charge in [-0.3, -0.25) is 0 Å². The van der Waals surface area contributed by atoms with Gasteiger partial charge in [0.2, 0.25) is 10.0 Å². The quantitative estimate of drug-likeness (QED) is 0.859. The minimum Gasteiger partial charge on any atom is -0.495 e. The Morgan fingerprint density at radius 2 is 2.23 bits per heavy atom. The second kappa shape index (κ2) is 7.64. The van der Waals surface area contributed by atoms with E-state index < -0.39 is 10.0 Å². The minimum absolute atomic E-state index is 0.0886. The monoisotopic (exact) mass is 346 g/mol. The average molecular weight is 347 g/mol. The van der Waals surface area contributed by atoms with Crippen LogP contribution in [0.5, 0.6) is 5.75 Å². The van der Waals surface area contributed by atoms with E-state index >= 15 is 0 Å². The van der Waals surface area contributed by atoms with Gasteiger partial charge in [-0.05, 0) is 50.0 Å². The molecule has 0 bridgehead atoms. The third kappa shape index (κ3) is 4.35. The van der Waals surface area contributed by atoms with Crippen LogP contribution in [0.25, 0.3) is 0 Å². The molecule has 1 unspecified atom stereocenters. The van der Waals surface area contributed by atoms with Gasteiger partial charge in [-0.2, -0.15) is 0 Å². The Hall–Kier alpha value is -0.820. The van der Waals surface area contributed by atoms with Crippen molar-refractivity contribution < 1.29 is 13.2 Å². The summed E-state index contributed by atoms with van der Waals surface area (Å²) in [5.41, 5.74) is 0. The molecule has 0 spiro atoms. The number of methoxy groups -OCH3 is 1. The van der Waals surface area contributed by atoms with E-state index in [2.05, 4.69) is 16.5 Å². The third-order valence-electron chi connectivity index (χ3n) is 4.03. The zero-order chi connectivity index (χ0) is 16.2. The molecule has 5 nitrogen and oxygen atoms in total. The number of rotatable bonds is 6. The molecule has 0 aromatic heterocycles. The van der Waals surface area contributed by atoms with Crippen LogP contribution in [0.1, 0.15) is 19.8 Å². The smallest absolute Gasteiger partial charge is 0.244 e. The van der Waals surface area contributed by atoms with Gasteiger partial charge >= 0.3 is 0 Å². The number of nitrogens with one attached hydrogen (secondary N) is 1. The molecule has 1 heterocycles. The van der Waals surface area contributed by atoms with Crippen LogP contribution in [0.3, 0.4) is 0 Å². The molecule has 1 aromatic rings. The number of likely N-dealkylation sites (tertiary alicyclic amines) is 1. The standard InChI is InChI=1S/C15H23ClN2O3S/c1-3-18-8-4-5-12(11-18)10-17-22(19,20)15-9-13(16)6-7-14(15)21-2/h6-7,9,12,17H,3-5,8,10-11H2,1-2H3. The molecule has 1 aliphatic rings. The molecule has 0 amide bonds. The molecule has 1 N–H and O–H groups in total. The van der Waals surface area contributed by atoms with E-state index in [0.29, 0.717) is 23.2 Å². The Morgan fingerprint density at radius 3 is 2.91 bits per heavy atom. The van der Waals surface area contributed by atoms with Gasteiger partial charge < -0.3 is 9.64 Å². The van der Waals surface area contributed by atoms with Gasteiger partial charge in [0.05, 0.1) is 7.11 Å². The van der Waals surface area contributed by atoms with Gasteiger partial charge in [0.25, 0.3) is 0 Å². The fraction of sp³-hybridized carbons (Fsp3) is 0.600. The molecule has 124 valence electrons. The molecule has 7 heteroatoms. The maximum atomic E-state index is 12.5. The maximum Gasteiger partial charge on any atom is 0.244 e. The summed E-state index contributed by atoms with van der Waals surface area (Å²) in [6, 6.07) is 4.60. The largest absolute Gasteiger partial charge is 0.495 e. The first-order valence-electron chi connectivity index (χ1n) is 7.52. The van der Waals surface area contributed by atoms with Gasteiger partial charge in [-0.1, -0.05) is 18.5 Å². The summed E-state index contributed by atoms with van der Waals surface area (Å²) in [5.74, 6) is 0.643. The van der Waals surface area contributed by atoms with Crippen molar-refractivity contribution in [1.82, 2.24) is 9.62 Å². The highest BCUT2D eigenvalue weighted by Gasteiger charge is 2.24. The van der Waals surface area contributed by atoms with Crippen molar-refractivity contribution in [2.75, 3.05) is 33.3 Å². The fourth-order valence-corrected chi connectivity index (χ4v) is 4.32. The van der Waals surface area contributed by atoms with E-state index in [1.807, 2.05) is 0 Å². The van der Waals surface area contributed by atoms with Gasteiger partial charge in [0, 0.05) is 18.1 Å². The summed E-state index contributed by atoms with van der Waals surface area (Å²) in [6.07, 6.45) is 2.16. The Bertz CT molecular complexity index is 607. The SMILES string of the molecule is CCN1CCCC(CNS(=O)(=O)c2cc(Cl)ccc2OC)C1. The van der Waals surface area contributed by atoms with E-state index in [0.717, 1.165) is 32.5 Å². The summed E-state index contributed by atoms with van der Waals surface area (Å²) in [5, 5.41) is 0.371. The van der Waals surface area contributed by atoms with Gasteiger partial charge in [-0.25, -0.2) is 13.1 Å². The second-order valence-corrected chi connectivity index (χ2v) is 7.72. The summed E-state index contributed by atoms with van der Waals surface area (Å²) in [4.78, 5) is 2.44. The number of benzene rings is 1. The molecular weight excluding hydrogens is 324 g/mol. The fourth-order valence-electron chi connectivity index (χ4n) is 2.77. The van der Waals surface area contributed by atoms with Crippen LogP contribution in [0.4, 0.5) is 0 Å². The van der Waals surface area contributed by atoms with Crippen LogP contribution in [-0.2, 0) is 10.0 Å². The van der Waals surface area contributed by atoms with E-state index in [-0.39, 0.29) is 4.90 Å². The van der Waals surface area contributed by atoms with Crippen molar-refractivity contribution in [3.8, 4) is 5.75 Å². The van der Waals surface area contributed by atoms with Crippen molar-refractivity contribution in [3.63, 3.8) is 0 Å². The number of nitrogens with zero attached hydrogens (tertiary/aromatic N) is 1. The number of piperidine rings is 1. The molecule has 0 saturated carbocycles. The van der Waals surface area contributed by atoms with Gasteiger partial charge in [0.1, 0.15) is 10.6 Å². The molecule has 0 aliphatic carbocycles. The Balaban J connectivity index is 2.07. The Morgan fingerprint density at radius 1 is 1.45 bits per heavy atom.